The van der Waals surface area contributed by atoms with Gasteiger partial charge in [0.05, 0.1) is 0 Å². The Morgan fingerprint density at radius 1 is 1.40 bits per heavy atom. The molecule has 4 nitrogen and oxygen atoms in total. The van der Waals surface area contributed by atoms with Crippen molar-refractivity contribution in [3.8, 4) is 0 Å². The fourth-order valence-electron chi connectivity index (χ4n) is 4.97. The van der Waals surface area contributed by atoms with Gasteiger partial charge in [0.1, 0.15) is 0 Å². The molecule has 0 bridgehead atoms. The van der Waals surface area contributed by atoms with Crippen molar-refractivity contribution in [3.63, 3.8) is 0 Å². The number of rotatable bonds is 3. The van der Waals surface area contributed by atoms with Gasteiger partial charge in [-0.25, -0.2) is 0 Å². The van der Waals surface area contributed by atoms with Crippen LogP contribution >= 0.6 is 12.2 Å². The van der Waals surface area contributed by atoms with Crippen LogP contribution in [0.2, 0.25) is 0 Å². The van der Waals surface area contributed by atoms with Crippen molar-refractivity contribution < 1.29 is 0 Å². The molecule has 3 N–H and O–H groups in total. The number of hydrogen-bond acceptors (Lipinski definition) is 2. The highest BCUT2D eigenvalue weighted by atomic mass is 32.1. The molecule has 0 spiro atoms. The summed E-state index contributed by atoms with van der Waals surface area (Å²) < 4.78 is 0. The zero-order valence-corrected chi connectivity index (χ0v) is 16.2. The summed E-state index contributed by atoms with van der Waals surface area (Å²) in [6, 6.07) is 7.78. The Morgan fingerprint density at radius 3 is 3.00 bits per heavy atom. The molecule has 1 unspecified atom stereocenters. The van der Waals surface area contributed by atoms with Crippen molar-refractivity contribution in [3.05, 3.63) is 35.0 Å². The lowest BCUT2D eigenvalue weighted by Crippen LogP contribution is -2.57. The highest BCUT2D eigenvalue weighted by Crippen LogP contribution is 2.44. The van der Waals surface area contributed by atoms with E-state index in [2.05, 4.69) is 52.6 Å². The summed E-state index contributed by atoms with van der Waals surface area (Å²) in [5.41, 5.74) is 5.70. The normalized spacial score (nSPS) is 25.6. The average molecular weight is 357 g/mol. The number of aromatic nitrogens is 1. The summed E-state index contributed by atoms with van der Waals surface area (Å²) in [7, 11) is 1.89. The molecule has 1 aliphatic heterocycles. The third kappa shape index (κ3) is 2.83. The number of nitrogens with zero attached hydrogens (tertiary/aromatic N) is 1. The lowest BCUT2D eigenvalue weighted by Gasteiger charge is -2.47. The molecule has 134 valence electrons. The van der Waals surface area contributed by atoms with Gasteiger partial charge in [-0.3, -0.25) is 4.90 Å². The van der Waals surface area contributed by atoms with Crippen molar-refractivity contribution in [1.29, 1.82) is 0 Å². The van der Waals surface area contributed by atoms with E-state index < -0.39 is 0 Å². The van der Waals surface area contributed by atoms with E-state index in [0.717, 1.165) is 31.0 Å². The van der Waals surface area contributed by atoms with Crippen LogP contribution < -0.4 is 10.6 Å². The summed E-state index contributed by atoms with van der Waals surface area (Å²) >= 11 is 5.37. The van der Waals surface area contributed by atoms with Crippen LogP contribution in [0.15, 0.2) is 18.2 Å². The van der Waals surface area contributed by atoms with E-state index in [1.165, 1.54) is 34.1 Å². The van der Waals surface area contributed by atoms with Gasteiger partial charge in [-0.1, -0.05) is 19.1 Å². The Hall–Kier alpha value is -1.59. The molecule has 1 saturated heterocycles. The number of H-pyrrole nitrogens is 1. The van der Waals surface area contributed by atoms with E-state index in [1.54, 1.807) is 0 Å². The van der Waals surface area contributed by atoms with Gasteiger partial charge in [-0.05, 0) is 62.1 Å². The molecular weight excluding hydrogens is 328 g/mol. The maximum Gasteiger partial charge on any atom is 0.166 e. The molecule has 0 radical (unpaired) electrons. The largest absolute Gasteiger partial charge is 0.366 e. The van der Waals surface area contributed by atoms with Crippen molar-refractivity contribution in [2.75, 3.05) is 20.1 Å². The van der Waals surface area contributed by atoms with E-state index in [1.807, 2.05) is 7.05 Å². The van der Waals surface area contributed by atoms with Crippen LogP contribution in [0.4, 0.5) is 0 Å². The molecule has 1 aromatic carbocycles. The second-order valence-electron chi connectivity index (χ2n) is 7.53. The Morgan fingerprint density at radius 2 is 2.24 bits per heavy atom. The van der Waals surface area contributed by atoms with Crippen LogP contribution in [0.25, 0.3) is 10.9 Å². The summed E-state index contributed by atoms with van der Waals surface area (Å²) in [6.07, 6.45) is 3.50. The number of thiocarbonyl (C=S) groups is 1. The molecule has 1 aromatic heterocycles. The van der Waals surface area contributed by atoms with Crippen LogP contribution in [-0.2, 0) is 6.42 Å². The molecule has 5 heteroatoms. The second-order valence-corrected chi connectivity index (χ2v) is 7.94. The third-order valence-corrected chi connectivity index (χ3v) is 6.31. The first-order chi connectivity index (χ1) is 12.1. The quantitative estimate of drug-likeness (QED) is 0.740. The number of hydrogen-bond donors (Lipinski definition) is 3. The molecule has 1 fully saturated rings. The van der Waals surface area contributed by atoms with Crippen molar-refractivity contribution >= 4 is 28.2 Å². The maximum atomic E-state index is 5.37. The average Bonchev–Trinajstić information content (AvgIpc) is 2.93. The van der Waals surface area contributed by atoms with Crippen LogP contribution in [0, 0.1) is 6.92 Å². The van der Waals surface area contributed by atoms with Crippen LogP contribution in [0.5, 0.6) is 0 Å². The first-order valence-electron chi connectivity index (χ1n) is 9.44. The van der Waals surface area contributed by atoms with Crippen molar-refractivity contribution in [2.45, 2.75) is 51.1 Å². The Bertz CT molecular complexity index is 796. The minimum absolute atomic E-state index is 0.407. The number of aromatic amines is 1. The lowest BCUT2D eigenvalue weighted by atomic mass is 9.73. The van der Waals surface area contributed by atoms with E-state index >= 15 is 0 Å². The molecule has 3 atom stereocenters. The van der Waals surface area contributed by atoms with Crippen LogP contribution in [0.1, 0.15) is 42.5 Å². The molecule has 25 heavy (non-hydrogen) atoms. The number of aryl methyl sites for hydroxylation is 1. The first-order valence-corrected chi connectivity index (χ1v) is 9.85. The van der Waals surface area contributed by atoms with Gasteiger partial charge in [-0.2, -0.15) is 0 Å². The molecule has 2 aliphatic rings. The van der Waals surface area contributed by atoms with Crippen molar-refractivity contribution in [1.82, 2.24) is 20.5 Å². The Balaban J connectivity index is 1.74. The van der Waals surface area contributed by atoms with Gasteiger partial charge in [0.15, 0.2) is 5.11 Å². The fraction of sp³-hybridized carbons (Fsp3) is 0.550. The second kappa shape index (κ2) is 6.61. The molecule has 2 aromatic rings. The predicted octanol–water partition coefficient (Wildman–Crippen LogP) is 3.06. The number of nitrogens with one attached hydrogen (secondary N) is 3. The standard InChI is InChI=1S/C20H28N4S/c1-4-8-24-11-13(23-20(25)21-3)9-16-14-6-5-7-17-19(14)15(10-18(16)24)12(2)22-17/h5-7,13,16,18,22H,4,8-11H2,1-3H3,(H2,21,23,25)/t13-,16?,18+/m0/s1. The number of likely N-dealkylation sites (tertiary alicyclic amines) is 1. The van der Waals surface area contributed by atoms with Gasteiger partial charge >= 0.3 is 0 Å². The monoisotopic (exact) mass is 356 g/mol. The van der Waals surface area contributed by atoms with Gasteiger partial charge in [0.25, 0.3) is 0 Å². The van der Waals surface area contributed by atoms with Gasteiger partial charge < -0.3 is 15.6 Å². The Labute approximate surface area is 155 Å². The van der Waals surface area contributed by atoms with E-state index in [4.69, 9.17) is 12.2 Å². The highest BCUT2D eigenvalue weighted by Gasteiger charge is 2.41. The van der Waals surface area contributed by atoms with E-state index in [0.29, 0.717) is 18.0 Å². The molecule has 1 aliphatic carbocycles. The SMILES string of the molecule is CCCN1C[C@@H](NC(=S)NC)CC2c3cccc4[nH]c(C)c(c34)C[C@H]21. The molecule has 4 rings (SSSR count). The zero-order chi connectivity index (χ0) is 17.6. The smallest absolute Gasteiger partial charge is 0.166 e. The summed E-state index contributed by atoms with van der Waals surface area (Å²) in [5, 5.41) is 8.83. The fourth-order valence-corrected chi connectivity index (χ4v) is 5.14. The topological polar surface area (TPSA) is 43.1 Å². The lowest BCUT2D eigenvalue weighted by molar-refractivity contribution is 0.105. The van der Waals surface area contributed by atoms with E-state index in [9.17, 15) is 0 Å². The minimum Gasteiger partial charge on any atom is -0.366 e. The number of benzene rings is 1. The molecule has 0 amide bonds. The number of piperidine rings is 1. The summed E-state index contributed by atoms with van der Waals surface area (Å²) in [6.45, 7) is 6.73. The molecular formula is C20H28N4S. The van der Waals surface area contributed by atoms with Crippen molar-refractivity contribution in [2.24, 2.45) is 0 Å². The summed E-state index contributed by atoms with van der Waals surface area (Å²) in [4.78, 5) is 6.30. The zero-order valence-electron chi connectivity index (χ0n) is 15.4. The van der Waals surface area contributed by atoms with E-state index in [-0.39, 0.29) is 0 Å². The van der Waals surface area contributed by atoms with Gasteiger partial charge in [0, 0.05) is 48.2 Å². The third-order valence-electron chi connectivity index (χ3n) is 5.99. The van der Waals surface area contributed by atoms with Gasteiger partial charge in [0.2, 0.25) is 0 Å². The predicted molar refractivity (Wildman–Crippen MR) is 108 cm³/mol. The first kappa shape index (κ1) is 16.9. The van der Waals surface area contributed by atoms with Gasteiger partial charge in [-0.15, -0.1) is 0 Å². The molecule has 0 saturated carbocycles. The molecule has 2 heterocycles. The maximum absolute atomic E-state index is 5.37. The summed E-state index contributed by atoms with van der Waals surface area (Å²) in [5.74, 6) is 0.573. The van der Waals surface area contributed by atoms with Crippen LogP contribution in [0.3, 0.4) is 0 Å². The highest BCUT2D eigenvalue weighted by molar-refractivity contribution is 7.80. The van der Waals surface area contributed by atoms with Crippen LogP contribution in [-0.4, -0.2) is 47.2 Å². The number of fused-ring (bicyclic) bond motifs is 2. The minimum atomic E-state index is 0.407. The Kier molecular flexibility index (Phi) is 4.46.